The molecule has 1 fully saturated rings. The number of nitrogens with one attached hydrogen (secondary N) is 1. The number of nitrogens with zero attached hydrogens (tertiary/aromatic N) is 3. The number of ether oxygens (including phenoxy) is 2. The summed E-state index contributed by atoms with van der Waals surface area (Å²) in [5.41, 5.74) is 0.774. The van der Waals surface area contributed by atoms with Crippen molar-refractivity contribution in [2.75, 3.05) is 46.9 Å². The second-order valence-corrected chi connectivity index (χ2v) is 6.76. The fourth-order valence-electron chi connectivity index (χ4n) is 3.16. The van der Waals surface area contributed by atoms with Crippen LogP contribution in [0.1, 0.15) is 19.4 Å². The summed E-state index contributed by atoms with van der Waals surface area (Å²) in [5.74, 6) is 1.13. The van der Waals surface area contributed by atoms with Crippen LogP contribution in [0.3, 0.4) is 0 Å². The van der Waals surface area contributed by atoms with E-state index < -0.39 is 12.2 Å². The molecule has 172 valence electrons. The summed E-state index contributed by atoms with van der Waals surface area (Å²) < 4.78 is 49.1. The van der Waals surface area contributed by atoms with Crippen molar-refractivity contribution in [3.05, 3.63) is 17.7 Å². The van der Waals surface area contributed by atoms with Crippen molar-refractivity contribution >= 4 is 29.9 Å². The van der Waals surface area contributed by atoms with Crippen LogP contribution in [0.4, 0.5) is 13.2 Å². The molecule has 2 N–H and O–H groups in total. The highest BCUT2D eigenvalue weighted by molar-refractivity contribution is 14.0. The third-order valence-corrected chi connectivity index (χ3v) is 4.92. The summed E-state index contributed by atoms with van der Waals surface area (Å²) in [7, 11) is 2.90. The van der Waals surface area contributed by atoms with Gasteiger partial charge in [0.1, 0.15) is 6.04 Å². The van der Waals surface area contributed by atoms with Gasteiger partial charge in [0.25, 0.3) is 0 Å². The number of aromatic hydroxyl groups is 1. The minimum atomic E-state index is -4.22. The third-order valence-electron chi connectivity index (χ3n) is 4.92. The molecule has 0 radical (unpaired) electrons. The van der Waals surface area contributed by atoms with E-state index in [0.29, 0.717) is 45.2 Å². The summed E-state index contributed by atoms with van der Waals surface area (Å²) in [6.45, 7) is 5.60. The molecule has 0 saturated carbocycles. The lowest BCUT2D eigenvalue weighted by Gasteiger charge is -2.39. The summed E-state index contributed by atoms with van der Waals surface area (Å²) >= 11 is 0. The molecule has 1 aromatic carbocycles. The molecule has 0 amide bonds. The molecule has 1 aliphatic heterocycles. The van der Waals surface area contributed by atoms with Crippen molar-refractivity contribution in [2.45, 2.75) is 32.6 Å². The van der Waals surface area contributed by atoms with Gasteiger partial charge in [-0.2, -0.15) is 13.2 Å². The van der Waals surface area contributed by atoms with Gasteiger partial charge in [-0.1, -0.05) is 0 Å². The zero-order chi connectivity index (χ0) is 21.6. The highest BCUT2D eigenvalue weighted by Crippen LogP contribution is 2.37. The molecule has 1 heterocycles. The molecule has 11 heteroatoms. The van der Waals surface area contributed by atoms with Crippen molar-refractivity contribution < 1.29 is 27.8 Å². The number of halogens is 4. The highest BCUT2D eigenvalue weighted by atomic mass is 127. The number of hydrogen-bond donors (Lipinski definition) is 2. The summed E-state index contributed by atoms with van der Waals surface area (Å²) in [6, 6.07) is 1.89. The van der Waals surface area contributed by atoms with Crippen LogP contribution in [0, 0.1) is 0 Å². The zero-order valence-electron chi connectivity index (χ0n) is 17.6. The van der Waals surface area contributed by atoms with Gasteiger partial charge < -0.3 is 24.8 Å². The van der Waals surface area contributed by atoms with Crippen LogP contribution in [0.15, 0.2) is 17.1 Å². The Morgan fingerprint density at radius 2 is 1.70 bits per heavy atom. The van der Waals surface area contributed by atoms with Gasteiger partial charge in [0.05, 0.1) is 20.8 Å². The summed E-state index contributed by atoms with van der Waals surface area (Å²) in [5, 5.41) is 13.2. The number of hydrogen-bond acceptors (Lipinski definition) is 5. The Labute approximate surface area is 192 Å². The second kappa shape index (κ2) is 11.7. The zero-order valence-corrected chi connectivity index (χ0v) is 20.0. The van der Waals surface area contributed by atoms with E-state index in [0.717, 1.165) is 5.56 Å². The van der Waals surface area contributed by atoms with E-state index in [1.54, 1.807) is 12.1 Å². The molecule has 7 nitrogen and oxygen atoms in total. The highest BCUT2D eigenvalue weighted by Gasteiger charge is 2.41. The summed E-state index contributed by atoms with van der Waals surface area (Å²) in [6.07, 6.45) is -4.22. The van der Waals surface area contributed by atoms with Crippen LogP contribution < -0.4 is 14.8 Å². The number of piperazine rings is 1. The van der Waals surface area contributed by atoms with Gasteiger partial charge in [-0.15, -0.1) is 24.0 Å². The van der Waals surface area contributed by atoms with E-state index in [1.165, 1.54) is 26.0 Å². The van der Waals surface area contributed by atoms with Gasteiger partial charge in [-0.3, -0.25) is 4.90 Å². The molecule has 1 atom stereocenters. The normalized spacial score (nSPS) is 16.6. The molecule has 0 aliphatic carbocycles. The Balaban J connectivity index is 0.00000450. The standard InChI is InChI=1S/C19H29F3N4O3.HI/c1-5-23-18(26-8-6-25(7-9-26)13(2)19(20,21)22)24-12-14-10-15(28-3)17(27)16(11-14)29-4;/h10-11,13,27H,5-9,12H2,1-4H3,(H,23,24);1H. The fraction of sp³-hybridized carbons (Fsp3) is 0.632. The van der Waals surface area contributed by atoms with Crippen molar-refractivity contribution in [3.63, 3.8) is 0 Å². The van der Waals surface area contributed by atoms with Gasteiger partial charge in [0.2, 0.25) is 5.75 Å². The molecule has 2 rings (SSSR count). The smallest absolute Gasteiger partial charge is 0.403 e. The molecule has 1 unspecified atom stereocenters. The fourth-order valence-corrected chi connectivity index (χ4v) is 3.16. The van der Waals surface area contributed by atoms with Gasteiger partial charge in [0.15, 0.2) is 17.5 Å². The number of alkyl halides is 3. The van der Waals surface area contributed by atoms with E-state index in [-0.39, 0.29) is 41.2 Å². The first-order chi connectivity index (χ1) is 13.7. The topological polar surface area (TPSA) is 69.6 Å². The predicted octanol–water partition coefficient (Wildman–Crippen LogP) is 3.06. The Hall–Kier alpha value is -1.63. The number of methoxy groups -OCH3 is 2. The molecular formula is C19H30F3IN4O3. The van der Waals surface area contributed by atoms with Crippen LogP contribution in [-0.2, 0) is 6.54 Å². The lowest BCUT2D eigenvalue weighted by molar-refractivity contribution is -0.181. The lowest BCUT2D eigenvalue weighted by atomic mass is 10.2. The van der Waals surface area contributed by atoms with Gasteiger partial charge >= 0.3 is 6.18 Å². The van der Waals surface area contributed by atoms with Crippen LogP contribution in [0.5, 0.6) is 17.2 Å². The molecule has 0 bridgehead atoms. The van der Waals surface area contributed by atoms with E-state index >= 15 is 0 Å². The maximum atomic E-state index is 12.9. The Bertz CT molecular complexity index is 686. The number of phenolic OH excluding ortho intramolecular Hbond substituents is 1. The molecule has 1 saturated heterocycles. The maximum absolute atomic E-state index is 12.9. The molecule has 30 heavy (non-hydrogen) atoms. The third kappa shape index (κ3) is 6.69. The average Bonchev–Trinajstić information content (AvgIpc) is 2.70. The average molecular weight is 546 g/mol. The maximum Gasteiger partial charge on any atom is 0.403 e. The molecule has 0 aromatic heterocycles. The molecule has 1 aliphatic rings. The SMILES string of the molecule is CCNC(=NCc1cc(OC)c(O)c(OC)c1)N1CCN(C(C)C(F)(F)F)CC1.I. The van der Waals surface area contributed by atoms with Crippen molar-refractivity contribution in [1.82, 2.24) is 15.1 Å². The first-order valence-electron chi connectivity index (χ1n) is 9.49. The van der Waals surface area contributed by atoms with Gasteiger partial charge in [-0.05, 0) is 31.5 Å². The number of rotatable bonds is 6. The Morgan fingerprint density at radius 3 is 2.13 bits per heavy atom. The number of benzene rings is 1. The van der Waals surface area contributed by atoms with Gasteiger partial charge in [0, 0.05) is 32.7 Å². The number of phenols is 1. The van der Waals surface area contributed by atoms with E-state index in [4.69, 9.17) is 9.47 Å². The first-order valence-corrected chi connectivity index (χ1v) is 9.49. The van der Waals surface area contributed by atoms with Crippen molar-refractivity contribution in [1.29, 1.82) is 0 Å². The monoisotopic (exact) mass is 546 g/mol. The van der Waals surface area contributed by atoms with Crippen LogP contribution >= 0.6 is 24.0 Å². The summed E-state index contributed by atoms with van der Waals surface area (Å²) in [4.78, 5) is 8.00. The Morgan fingerprint density at radius 1 is 1.17 bits per heavy atom. The van der Waals surface area contributed by atoms with E-state index in [1.807, 2.05) is 11.8 Å². The van der Waals surface area contributed by atoms with Crippen molar-refractivity contribution in [2.24, 2.45) is 4.99 Å². The lowest BCUT2D eigenvalue weighted by Crippen LogP contribution is -2.56. The largest absolute Gasteiger partial charge is 0.502 e. The first kappa shape index (κ1) is 26.4. The predicted molar refractivity (Wildman–Crippen MR) is 120 cm³/mol. The van der Waals surface area contributed by atoms with Crippen LogP contribution in [0.25, 0.3) is 0 Å². The Kier molecular flexibility index (Phi) is 10.3. The number of aliphatic imine (C=N–C) groups is 1. The minimum absolute atomic E-state index is 0. The number of guanidine groups is 1. The molecule has 0 spiro atoms. The second-order valence-electron chi connectivity index (χ2n) is 6.76. The molecule has 1 aromatic rings. The van der Waals surface area contributed by atoms with E-state index in [2.05, 4.69) is 10.3 Å². The van der Waals surface area contributed by atoms with Crippen LogP contribution in [0.2, 0.25) is 0 Å². The van der Waals surface area contributed by atoms with E-state index in [9.17, 15) is 18.3 Å². The van der Waals surface area contributed by atoms with Gasteiger partial charge in [-0.25, -0.2) is 4.99 Å². The van der Waals surface area contributed by atoms with Crippen molar-refractivity contribution in [3.8, 4) is 17.2 Å². The van der Waals surface area contributed by atoms with Crippen LogP contribution in [-0.4, -0.2) is 80.0 Å². The molecular weight excluding hydrogens is 516 g/mol. The quantitative estimate of drug-likeness (QED) is 0.325. The minimum Gasteiger partial charge on any atom is -0.502 e.